The molecule has 0 aliphatic carbocycles. The van der Waals surface area contributed by atoms with Gasteiger partial charge in [0.25, 0.3) is 0 Å². The quantitative estimate of drug-likeness (QED) is 0.790. The number of rotatable bonds is 1. The molecule has 0 radical (unpaired) electrons. The van der Waals surface area contributed by atoms with E-state index >= 15 is 0 Å². The second-order valence-corrected chi connectivity index (χ2v) is 8.25. The minimum Gasteiger partial charge on any atom is -0.444 e. The molecule has 0 spiro atoms. The van der Waals surface area contributed by atoms with Crippen molar-refractivity contribution in [3.8, 4) is 0 Å². The van der Waals surface area contributed by atoms with Gasteiger partial charge in [-0.05, 0) is 43.9 Å². The first-order valence-corrected chi connectivity index (χ1v) is 8.36. The lowest BCUT2D eigenvalue weighted by Crippen LogP contribution is -2.53. The zero-order chi connectivity index (χ0) is 18.1. The lowest BCUT2D eigenvalue weighted by atomic mass is 9.87. The van der Waals surface area contributed by atoms with E-state index in [2.05, 4.69) is 32.9 Å². The molecule has 1 aromatic carbocycles. The van der Waals surface area contributed by atoms with E-state index < -0.39 is 11.7 Å². The van der Waals surface area contributed by atoms with Crippen molar-refractivity contribution in [2.45, 2.75) is 52.6 Å². The van der Waals surface area contributed by atoms with Gasteiger partial charge in [0.2, 0.25) is 5.91 Å². The van der Waals surface area contributed by atoms with Crippen LogP contribution in [0.25, 0.3) is 0 Å². The highest BCUT2D eigenvalue weighted by Crippen LogP contribution is 2.27. The predicted molar refractivity (Wildman–Crippen MR) is 95.3 cm³/mol. The van der Waals surface area contributed by atoms with Gasteiger partial charge in [-0.15, -0.1) is 0 Å². The zero-order valence-electron chi connectivity index (χ0n) is 15.5. The Hall–Kier alpha value is -2.04. The topological polar surface area (TPSA) is 49.9 Å². The molecule has 24 heavy (non-hydrogen) atoms. The summed E-state index contributed by atoms with van der Waals surface area (Å²) in [7, 11) is 0. The molecule has 132 valence electrons. The average Bonchev–Trinajstić information content (AvgIpc) is 2.44. The van der Waals surface area contributed by atoms with Gasteiger partial charge in [0.05, 0.1) is 0 Å². The Morgan fingerprint density at radius 2 is 1.75 bits per heavy atom. The van der Waals surface area contributed by atoms with E-state index in [0.29, 0.717) is 13.1 Å². The molecular formula is C19H28N2O3. The van der Waals surface area contributed by atoms with Crippen LogP contribution in [0.3, 0.4) is 0 Å². The molecule has 1 aliphatic rings. The number of carbonyl (C=O) groups is 2. The van der Waals surface area contributed by atoms with Gasteiger partial charge in [0.15, 0.2) is 0 Å². The number of piperazine rings is 1. The molecule has 0 aromatic heterocycles. The Bertz CT molecular complexity index is 626. The van der Waals surface area contributed by atoms with Crippen LogP contribution in [0, 0.1) is 0 Å². The smallest absolute Gasteiger partial charge is 0.410 e. The molecule has 1 saturated heterocycles. The minimum atomic E-state index is -0.557. The lowest BCUT2D eigenvalue weighted by Gasteiger charge is -2.35. The van der Waals surface area contributed by atoms with Gasteiger partial charge in [-0.25, -0.2) is 4.79 Å². The maximum Gasteiger partial charge on any atom is 0.410 e. The Morgan fingerprint density at radius 1 is 1.08 bits per heavy atom. The standard InChI is InChI=1S/C19H28N2O3/c1-18(2,3)14-8-7-9-15(12-14)21-11-10-20(13-16(21)22)17(23)24-19(4,5)6/h7-9,12H,10-11,13H2,1-6H3. The minimum absolute atomic E-state index is 0.0252. The molecule has 0 N–H and O–H groups in total. The van der Waals surface area contributed by atoms with Crippen LogP contribution < -0.4 is 4.90 Å². The highest BCUT2D eigenvalue weighted by Gasteiger charge is 2.31. The summed E-state index contributed by atoms with van der Waals surface area (Å²) in [6, 6.07) is 8.05. The van der Waals surface area contributed by atoms with Gasteiger partial charge in [0.1, 0.15) is 12.1 Å². The van der Waals surface area contributed by atoms with Gasteiger partial charge in [0, 0.05) is 18.8 Å². The number of nitrogens with zero attached hydrogens (tertiary/aromatic N) is 2. The molecular weight excluding hydrogens is 304 g/mol. The molecule has 1 aliphatic heterocycles. The number of ether oxygens (including phenoxy) is 1. The fourth-order valence-electron chi connectivity index (χ4n) is 2.57. The average molecular weight is 332 g/mol. The SMILES string of the molecule is CC(C)(C)OC(=O)N1CCN(c2cccc(C(C)(C)C)c2)C(=O)C1. The first-order chi connectivity index (χ1) is 11.0. The number of hydrogen-bond acceptors (Lipinski definition) is 3. The third-order valence-corrected chi connectivity index (χ3v) is 3.90. The van der Waals surface area contributed by atoms with E-state index in [1.54, 1.807) is 4.90 Å². The molecule has 0 saturated carbocycles. The van der Waals surface area contributed by atoms with Crippen LogP contribution in [0.1, 0.15) is 47.1 Å². The highest BCUT2D eigenvalue weighted by molar-refractivity contribution is 5.97. The maximum absolute atomic E-state index is 12.5. The van der Waals surface area contributed by atoms with Crippen molar-refractivity contribution in [2.24, 2.45) is 0 Å². The monoisotopic (exact) mass is 332 g/mol. The Kier molecular flexibility index (Phi) is 4.92. The first kappa shape index (κ1) is 18.3. The van der Waals surface area contributed by atoms with Crippen LogP contribution in [0.5, 0.6) is 0 Å². The van der Waals surface area contributed by atoms with E-state index in [4.69, 9.17) is 4.74 Å². The third kappa shape index (κ3) is 4.49. The summed E-state index contributed by atoms with van der Waals surface area (Å²) in [6.07, 6.45) is -0.432. The van der Waals surface area contributed by atoms with Crippen molar-refractivity contribution in [1.82, 2.24) is 4.90 Å². The van der Waals surface area contributed by atoms with Crippen molar-refractivity contribution in [3.63, 3.8) is 0 Å². The fraction of sp³-hybridized carbons (Fsp3) is 0.579. The zero-order valence-corrected chi connectivity index (χ0v) is 15.5. The second kappa shape index (κ2) is 6.46. The molecule has 1 aromatic rings. The van der Waals surface area contributed by atoms with Crippen LogP contribution in [0.2, 0.25) is 0 Å². The second-order valence-electron chi connectivity index (χ2n) is 8.25. The van der Waals surface area contributed by atoms with Gasteiger partial charge in [-0.2, -0.15) is 0 Å². The molecule has 5 nitrogen and oxygen atoms in total. The summed E-state index contributed by atoms with van der Waals surface area (Å²) in [6.45, 7) is 12.9. The molecule has 5 heteroatoms. The summed E-state index contributed by atoms with van der Waals surface area (Å²) in [4.78, 5) is 27.8. The van der Waals surface area contributed by atoms with Crippen molar-refractivity contribution in [3.05, 3.63) is 29.8 Å². The molecule has 0 bridgehead atoms. The molecule has 2 rings (SSSR count). The van der Waals surface area contributed by atoms with Gasteiger partial charge in [-0.1, -0.05) is 32.9 Å². The fourth-order valence-corrected chi connectivity index (χ4v) is 2.57. The molecule has 1 heterocycles. The normalized spacial score (nSPS) is 16.3. The van der Waals surface area contributed by atoms with Crippen molar-refractivity contribution in [2.75, 3.05) is 24.5 Å². The summed E-state index contributed by atoms with van der Waals surface area (Å²) in [5.41, 5.74) is 1.54. The molecule has 1 fully saturated rings. The summed E-state index contributed by atoms with van der Waals surface area (Å²) < 4.78 is 5.35. The van der Waals surface area contributed by atoms with Crippen LogP contribution in [0.4, 0.5) is 10.5 Å². The highest BCUT2D eigenvalue weighted by atomic mass is 16.6. The lowest BCUT2D eigenvalue weighted by molar-refractivity contribution is -0.121. The number of hydrogen-bond donors (Lipinski definition) is 0. The van der Waals surface area contributed by atoms with E-state index in [0.717, 1.165) is 5.69 Å². The molecule has 0 atom stereocenters. The van der Waals surface area contributed by atoms with Gasteiger partial charge < -0.3 is 9.64 Å². The Labute approximate surface area is 144 Å². The van der Waals surface area contributed by atoms with Gasteiger partial charge in [-0.3, -0.25) is 9.69 Å². The van der Waals surface area contributed by atoms with E-state index in [1.165, 1.54) is 10.5 Å². The first-order valence-electron chi connectivity index (χ1n) is 8.36. The molecule has 2 amide bonds. The number of amides is 2. The number of carbonyl (C=O) groups excluding carboxylic acids is 2. The summed E-state index contributed by atoms with van der Waals surface area (Å²) in [5, 5.41) is 0. The number of benzene rings is 1. The van der Waals surface area contributed by atoms with Gasteiger partial charge >= 0.3 is 6.09 Å². The van der Waals surface area contributed by atoms with Crippen LogP contribution in [0.15, 0.2) is 24.3 Å². The maximum atomic E-state index is 12.5. The molecule has 0 unspecified atom stereocenters. The van der Waals surface area contributed by atoms with Crippen LogP contribution in [-0.2, 0) is 14.9 Å². The van der Waals surface area contributed by atoms with Crippen molar-refractivity contribution < 1.29 is 14.3 Å². The summed E-state index contributed by atoms with van der Waals surface area (Å²) >= 11 is 0. The van der Waals surface area contributed by atoms with E-state index in [1.807, 2.05) is 32.9 Å². The largest absolute Gasteiger partial charge is 0.444 e. The van der Waals surface area contributed by atoms with Crippen molar-refractivity contribution >= 4 is 17.7 Å². The Morgan fingerprint density at radius 3 is 2.29 bits per heavy atom. The van der Waals surface area contributed by atoms with Crippen LogP contribution >= 0.6 is 0 Å². The van der Waals surface area contributed by atoms with E-state index in [-0.39, 0.29) is 17.9 Å². The summed E-state index contributed by atoms with van der Waals surface area (Å²) in [5.74, 6) is -0.0850. The third-order valence-electron chi connectivity index (χ3n) is 3.90. The number of anilines is 1. The van der Waals surface area contributed by atoms with Crippen LogP contribution in [-0.4, -0.2) is 42.1 Å². The predicted octanol–water partition coefficient (Wildman–Crippen LogP) is 3.57. The van der Waals surface area contributed by atoms with E-state index in [9.17, 15) is 9.59 Å². The Balaban J connectivity index is 2.09. The van der Waals surface area contributed by atoms with Crippen molar-refractivity contribution in [1.29, 1.82) is 0 Å².